The molecule has 5 heteroatoms. The van der Waals surface area contributed by atoms with Gasteiger partial charge in [-0.3, -0.25) is 4.79 Å². The first-order valence-electron chi connectivity index (χ1n) is 8.92. The summed E-state index contributed by atoms with van der Waals surface area (Å²) in [5.41, 5.74) is 2.07. The minimum atomic E-state index is -0.748. The first-order chi connectivity index (χ1) is 13.0. The van der Waals surface area contributed by atoms with Crippen LogP contribution in [0.3, 0.4) is 0 Å². The van der Waals surface area contributed by atoms with Crippen molar-refractivity contribution in [2.24, 2.45) is 0 Å². The molecule has 3 aromatic rings. The minimum absolute atomic E-state index is 0.0297. The highest BCUT2D eigenvalue weighted by Crippen LogP contribution is 2.42. The summed E-state index contributed by atoms with van der Waals surface area (Å²) in [4.78, 5) is 15.9. The average Bonchev–Trinajstić information content (AvgIpc) is 3.28. The molecule has 4 rings (SSSR count). The van der Waals surface area contributed by atoms with Crippen molar-refractivity contribution in [2.45, 2.75) is 24.5 Å². The highest BCUT2D eigenvalue weighted by Gasteiger charge is 2.43. The lowest BCUT2D eigenvalue weighted by Gasteiger charge is -2.29. The van der Waals surface area contributed by atoms with Gasteiger partial charge in [-0.05, 0) is 47.5 Å². The average molecular weight is 379 g/mol. The van der Waals surface area contributed by atoms with Crippen molar-refractivity contribution in [1.29, 1.82) is 0 Å². The third-order valence-corrected chi connectivity index (χ3v) is 6.47. The van der Waals surface area contributed by atoms with E-state index < -0.39 is 6.10 Å². The Morgan fingerprint density at radius 3 is 2.44 bits per heavy atom. The van der Waals surface area contributed by atoms with E-state index in [0.717, 1.165) is 20.9 Å². The Bertz CT molecular complexity index is 936. The van der Waals surface area contributed by atoms with Crippen LogP contribution in [0.25, 0.3) is 10.4 Å². The Balaban J connectivity index is 1.63. The molecule has 1 aromatic heterocycles. The highest BCUT2D eigenvalue weighted by molar-refractivity contribution is 7.15. The molecule has 27 heavy (non-hydrogen) atoms. The zero-order valence-electron chi connectivity index (χ0n) is 14.9. The second-order valence-corrected chi connectivity index (χ2v) is 8.03. The van der Waals surface area contributed by atoms with Crippen molar-refractivity contribution >= 4 is 17.2 Å². The standard InChI is InChI=1S/C22H21NO3S/c1-23-20(25)13-17(14-5-3-2-4-6-14)21(23)22(26)19-12-11-18(27-19)15-7-9-16(24)10-8-15/h2-12,17,21-22,24,26H,13H2,1H3/t17-,21-,22-/m1/s1. The quantitative estimate of drug-likeness (QED) is 0.715. The van der Waals surface area contributed by atoms with Gasteiger partial charge in [0.25, 0.3) is 0 Å². The van der Waals surface area contributed by atoms with Gasteiger partial charge in [0, 0.05) is 29.1 Å². The Morgan fingerprint density at radius 2 is 1.74 bits per heavy atom. The molecule has 138 valence electrons. The van der Waals surface area contributed by atoms with E-state index in [4.69, 9.17) is 0 Å². The number of carbonyl (C=O) groups excluding carboxylic acids is 1. The smallest absolute Gasteiger partial charge is 0.223 e. The Labute approximate surface area is 162 Å². The largest absolute Gasteiger partial charge is 0.508 e. The fraction of sp³-hybridized carbons (Fsp3) is 0.227. The van der Waals surface area contributed by atoms with Crippen molar-refractivity contribution in [3.05, 3.63) is 77.2 Å². The van der Waals surface area contributed by atoms with Gasteiger partial charge in [-0.1, -0.05) is 30.3 Å². The number of likely N-dealkylation sites (tertiary alicyclic amines) is 1. The van der Waals surface area contributed by atoms with E-state index in [1.54, 1.807) is 24.1 Å². The molecule has 0 spiro atoms. The Morgan fingerprint density at radius 1 is 1.04 bits per heavy atom. The van der Waals surface area contributed by atoms with Gasteiger partial charge in [0.1, 0.15) is 11.9 Å². The van der Waals surface area contributed by atoms with E-state index in [1.807, 2.05) is 54.6 Å². The third kappa shape index (κ3) is 3.36. The summed E-state index contributed by atoms with van der Waals surface area (Å²) in [5, 5.41) is 20.6. The summed E-state index contributed by atoms with van der Waals surface area (Å²) in [5.74, 6) is 0.258. The number of phenolic OH excluding ortho intramolecular Hbond substituents is 1. The number of aliphatic hydroxyl groups excluding tert-OH is 1. The molecule has 0 saturated carbocycles. The lowest BCUT2D eigenvalue weighted by molar-refractivity contribution is -0.128. The van der Waals surface area contributed by atoms with Crippen LogP contribution in [0.4, 0.5) is 0 Å². The van der Waals surface area contributed by atoms with Gasteiger partial charge in [-0.25, -0.2) is 0 Å². The molecule has 0 radical (unpaired) electrons. The van der Waals surface area contributed by atoms with Gasteiger partial charge in [0.05, 0.1) is 6.04 Å². The number of benzene rings is 2. The molecule has 1 amide bonds. The van der Waals surface area contributed by atoms with Crippen LogP contribution in [-0.4, -0.2) is 34.1 Å². The predicted octanol–water partition coefficient (Wildman–Crippen LogP) is 4.17. The molecular weight excluding hydrogens is 358 g/mol. The van der Waals surface area contributed by atoms with Crippen molar-refractivity contribution in [3.8, 4) is 16.2 Å². The molecule has 1 aliphatic heterocycles. The van der Waals surface area contributed by atoms with Gasteiger partial charge in [0.2, 0.25) is 5.91 Å². The first kappa shape index (κ1) is 17.8. The van der Waals surface area contributed by atoms with Gasteiger partial charge in [0.15, 0.2) is 0 Å². The third-order valence-electron chi connectivity index (χ3n) is 5.27. The van der Waals surface area contributed by atoms with E-state index in [-0.39, 0.29) is 23.6 Å². The molecule has 2 N–H and O–H groups in total. The SMILES string of the molecule is CN1C(=O)C[C@H](c2ccccc2)[C@@H]1[C@H](O)c1ccc(-c2ccc(O)cc2)s1. The maximum Gasteiger partial charge on any atom is 0.223 e. The molecule has 0 unspecified atom stereocenters. The lowest BCUT2D eigenvalue weighted by Crippen LogP contribution is -2.36. The van der Waals surface area contributed by atoms with Crippen LogP contribution < -0.4 is 0 Å². The molecule has 0 bridgehead atoms. The van der Waals surface area contributed by atoms with Crippen LogP contribution in [0.1, 0.15) is 28.9 Å². The monoisotopic (exact) mass is 379 g/mol. The molecule has 2 aromatic carbocycles. The van der Waals surface area contributed by atoms with Crippen molar-refractivity contribution < 1.29 is 15.0 Å². The van der Waals surface area contributed by atoms with E-state index in [2.05, 4.69) is 0 Å². The summed E-state index contributed by atoms with van der Waals surface area (Å²) in [7, 11) is 1.77. The molecule has 1 saturated heterocycles. The molecule has 3 atom stereocenters. The zero-order valence-corrected chi connectivity index (χ0v) is 15.8. The van der Waals surface area contributed by atoms with Crippen LogP contribution in [0.5, 0.6) is 5.75 Å². The Hall–Kier alpha value is -2.63. The van der Waals surface area contributed by atoms with Crippen LogP contribution in [0, 0.1) is 0 Å². The number of amides is 1. The van der Waals surface area contributed by atoms with Gasteiger partial charge < -0.3 is 15.1 Å². The van der Waals surface area contributed by atoms with Crippen LogP contribution >= 0.6 is 11.3 Å². The van der Waals surface area contributed by atoms with Crippen molar-refractivity contribution in [2.75, 3.05) is 7.05 Å². The summed E-state index contributed by atoms with van der Waals surface area (Å²) < 4.78 is 0. The first-order valence-corrected chi connectivity index (χ1v) is 9.74. The summed E-state index contributed by atoms with van der Waals surface area (Å²) >= 11 is 1.52. The number of hydrogen-bond donors (Lipinski definition) is 2. The topological polar surface area (TPSA) is 60.8 Å². The van der Waals surface area contributed by atoms with E-state index >= 15 is 0 Å². The van der Waals surface area contributed by atoms with Crippen LogP contribution in [0.15, 0.2) is 66.7 Å². The number of rotatable bonds is 4. The summed E-state index contributed by atoms with van der Waals surface area (Å²) in [6.45, 7) is 0. The maximum absolute atomic E-state index is 12.4. The summed E-state index contributed by atoms with van der Waals surface area (Å²) in [6.07, 6.45) is -0.333. The molecule has 1 fully saturated rings. The normalized spacial score (nSPS) is 20.8. The second kappa shape index (κ2) is 7.18. The fourth-order valence-electron chi connectivity index (χ4n) is 3.80. The van der Waals surface area contributed by atoms with Gasteiger partial charge >= 0.3 is 0 Å². The fourth-order valence-corrected chi connectivity index (χ4v) is 4.84. The van der Waals surface area contributed by atoms with E-state index in [9.17, 15) is 15.0 Å². The van der Waals surface area contributed by atoms with E-state index in [1.165, 1.54) is 11.3 Å². The van der Waals surface area contributed by atoms with Crippen LogP contribution in [-0.2, 0) is 4.79 Å². The van der Waals surface area contributed by atoms with Gasteiger partial charge in [-0.15, -0.1) is 11.3 Å². The summed E-state index contributed by atoms with van der Waals surface area (Å²) in [6, 6.07) is 20.6. The molecular formula is C22H21NO3S. The molecule has 1 aliphatic rings. The maximum atomic E-state index is 12.4. The highest BCUT2D eigenvalue weighted by atomic mass is 32.1. The number of aromatic hydroxyl groups is 1. The number of thiophene rings is 1. The number of hydrogen-bond acceptors (Lipinski definition) is 4. The number of aliphatic hydroxyl groups is 1. The number of carbonyl (C=O) groups is 1. The Kier molecular flexibility index (Phi) is 4.72. The molecule has 0 aliphatic carbocycles. The molecule has 2 heterocycles. The number of phenols is 1. The predicted molar refractivity (Wildman–Crippen MR) is 107 cm³/mol. The minimum Gasteiger partial charge on any atom is -0.508 e. The van der Waals surface area contributed by atoms with Crippen molar-refractivity contribution in [1.82, 2.24) is 4.90 Å². The van der Waals surface area contributed by atoms with Gasteiger partial charge in [-0.2, -0.15) is 0 Å². The van der Waals surface area contributed by atoms with Crippen molar-refractivity contribution in [3.63, 3.8) is 0 Å². The zero-order chi connectivity index (χ0) is 19.0. The second-order valence-electron chi connectivity index (χ2n) is 6.91. The van der Waals surface area contributed by atoms with E-state index in [0.29, 0.717) is 6.42 Å². The lowest BCUT2D eigenvalue weighted by atomic mass is 9.88. The van der Waals surface area contributed by atoms with Crippen LogP contribution in [0.2, 0.25) is 0 Å². The molecule has 4 nitrogen and oxygen atoms in total. The number of nitrogens with zero attached hydrogens (tertiary/aromatic N) is 1. The number of likely N-dealkylation sites (N-methyl/N-ethyl adjacent to an activating group) is 1.